The Kier molecular flexibility index (Phi) is 100. The van der Waals surface area contributed by atoms with E-state index in [9.17, 15) is 0 Å². The molecule has 0 aliphatic heterocycles. The van der Waals surface area contributed by atoms with E-state index < -0.39 is 0 Å². The Morgan fingerprint density at radius 1 is 1.50 bits per heavy atom. The molecule has 0 amide bonds. The van der Waals surface area contributed by atoms with Gasteiger partial charge in [0.15, 0.2) is 0 Å². The van der Waals surface area contributed by atoms with Crippen molar-refractivity contribution in [2.75, 3.05) is 0 Å². The second kappa shape index (κ2) is 23.0. The molecular weight excluding hydrogens is 127 g/mol. The van der Waals surface area contributed by atoms with Gasteiger partial charge in [0.1, 0.15) is 0 Å². The van der Waals surface area contributed by atoms with Crippen molar-refractivity contribution in [2.24, 2.45) is 0 Å². The van der Waals surface area contributed by atoms with Gasteiger partial charge in [-0.1, -0.05) is 0 Å². The van der Waals surface area contributed by atoms with Gasteiger partial charge in [-0.05, 0) is 0 Å². The van der Waals surface area contributed by atoms with Crippen molar-refractivity contribution < 1.29 is 61.1 Å². The summed E-state index contributed by atoms with van der Waals surface area (Å²) in [5.41, 5.74) is 0. The standard InChI is InChI=1S/Fe.Li.O.Ti.H/q;+1;;;-1. The van der Waals surface area contributed by atoms with Crippen molar-refractivity contribution in [2.45, 2.75) is 0 Å². The third-order valence-electron chi connectivity index (χ3n) is 0. The Hall–Kier alpha value is 1.63. The van der Waals surface area contributed by atoms with Crippen molar-refractivity contribution in [1.82, 2.24) is 0 Å². The third-order valence-corrected chi connectivity index (χ3v) is 0. The van der Waals surface area contributed by atoms with Gasteiger partial charge >= 0.3 is 42.6 Å². The van der Waals surface area contributed by atoms with E-state index in [0.717, 1.165) is 20.4 Å². The molecule has 0 aliphatic carbocycles. The first-order chi connectivity index (χ1) is 1.00. The predicted octanol–water partition coefficient (Wildman–Crippen LogP) is -3.01. The molecule has 0 aromatic rings. The molecule has 0 unspecified atom stereocenters. The summed E-state index contributed by atoms with van der Waals surface area (Å²) in [6, 6.07) is 0. The van der Waals surface area contributed by atoms with Crippen LogP contribution in [0.5, 0.6) is 0 Å². The minimum absolute atomic E-state index is 0. The van der Waals surface area contributed by atoms with E-state index in [0.29, 0.717) is 0 Å². The van der Waals surface area contributed by atoms with Gasteiger partial charge in [0.25, 0.3) is 0 Å². The molecule has 20 valence electrons. The molecule has 0 spiro atoms. The van der Waals surface area contributed by atoms with E-state index in [4.69, 9.17) is 3.32 Å². The van der Waals surface area contributed by atoms with Gasteiger partial charge in [0.05, 0.1) is 0 Å². The summed E-state index contributed by atoms with van der Waals surface area (Å²) in [5.74, 6) is 0. The molecule has 0 saturated heterocycles. The van der Waals surface area contributed by atoms with Gasteiger partial charge in [0.2, 0.25) is 0 Å². The second-order valence-electron chi connectivity index (χ2n) is 0. The zero-order chi connectivity index (χ0) is 2.00. The van der Waals surface area contributed by atoms with Crippen LogP contribution in [0.25, 0.3) is 0 Å². The molecule has 4 heavy (non-hydrogen) atoms. The van der Waals surface area contributed by atoms with E-state index in [1.807, 2.05) is 0 Å². The first-order valence-corrected chi connectivity index (χ1v) is 0.842. The van der Waals surface area contributed by atoms with Crippen LogP contribution >= 0.6 is 0 Å². The van der Waals surface area contributed by atoms with Gasteiger partial charge in [-0.2, -0.15) is 0 Å². The molecule has 0 fully saturated rings. The van der Waals surface area contributed by atoms with E-state index >= 15 is 0 Å². The zero-order valence-electron chi connectivity index (χ0n) is 3.26. The first-order valence-electron chi connectivity index (χ1n) is 0.204. The molecule has 0 atom stereocenters. The molecule has 0 saturated carbocycles. The van der Waals surface area contributed by atoms with E-state index in [1.165, 1.54) is 0 Å². The van der Waals surface area contributed by atoms with Gasteiger partial charge < -0.3 is 1.43 Å². The summed E-state index contributed by atoms with van der Waals surface area (Å²) in [7, 11) is 0. The van der Waals surface area contributed by atoms with Crippen LogP contribution in [0, 0.1) is 0 Å². The summed E-state index contributed by atoms with van der Waals surface area (Å²) in [6.07, 6.45) is 0. The third kappa shape index (κ3) is 9.45. The summed E-state index contributed by atoms with van der Waals surface area (Å²) in [4.78, 5) is 0. The Balaban J connectivity index is -0.00000000167. The van der Waals surface area contributed by atoms with Gasteiger partial charge in [0, 0.05) is 17.1 Å². The van der Waals surface area contributed by atoms with Crippen molar-refractivity contribution in [3.05, 3.63) is 0 Å². The topological polar surface area (TPSA) is 17.1 Å². The summed E-state index contributed by atoms with van der Waals surface area (Å²) in [6.45, 7) is 0. The molecule has 0 radical (unpaired) electrons. The molecule has 1 nitrogen and oxygen atoms in total. The molecule has 0 rings (SSSR count). The Morgan fingerprint density at radius 2 is 1.50 bits per heavy atom. The van der Waals surface area contributed by atoms with Crippen LogP contribution in [0.3, 0.4) is 0 Å². The van der Waals surface area contributed by atoms with Crippen LogP contribution in [0.1, 0.15) is 1.43 Å². The quantitative estimate of drug-likeness (QED) is 0.317. The van der Waals surface area contributed by atoms with E-state index in [1.54, 1.807) is 0 Å². The number of hydrogen-bond donors (Lipinski definition) is 0. The van der Waals surface area contributed by atoms with Crippen LogP contribution in [0.15, 0.2) is 0 Å². The van der Waals surface area contributed by atoms with Crippen molar-refractivity contribution >= 4 is 0 Å². The Morgan fingerprint density at radius 3 is 1.50 bits per heavy atom. The molecular formula is HFeLiOTi. The zero-order valence-corrected chi connectivity index (χ0v) is 4.93. The summed E-state index contributed by atoms with van der Waals surface area (Å²) in [5, 5.41) is 0. The van der Waals surface area contributed by atoms with Gasteiger partial charge in [-0.15, -0.1) is 0 Å². The van der Waals surface area contributed by atoms with Gasteiger partial charge in [-0.25, -0.2) is 0 Å². The second-order valence-corrected chi connectivity index (χ2v) is 0. The Bertz CT molecular complexity index is 11.6. The molecule has 0 heterocycles. The number of rotatable bonds is 0. The molecule has 4 heteroatoms. The average molecular weight is 128 g/mol. The van der Waals surface area contributed by atoms with Crippen molar-refractivity contribution in [3.8, 4) is 0 Å². The summed E-state index contributed by atoms with van der Waals surface area (Å²) < 4.78 is 8.25. The Labute approximate surface area is 60.8 Å². The minimum atomic E-state index is 0. The normalized spacial score (nSPS) is 0.750. The van der Waals surface area contributed by atoms with E-state index in [2.05, 4.69) is 0 Å². The molecule has 0 bridgehead atoms. The molecule has 0 aromatic heterocycles. The molecule has 0 N–H and O–H groups in total. The summed E-state index contributed by atoms with van der Waals surface area (Å²) >= 11 is 0.750. The van der Waals surface area contributed by atoms with Crippen LogP contribution in [-0.4, -0.2) is 0 Å². The predicted molar refractivity (Wildman–Crippen MR) is 1.80 cm³/mol. The molecule has 0 aliphatic rings. The SMILES string of the molecule is [Fe].[H-].[Li+].[O]=[Ti]. The number of hydrogen-bond acceptors (Lipinski definition) is 1. The fourth-order valence-electron chi connectivity index (χ4n) is 0. The van der Waals surface area contributed by atoms with Crippen molar-refractivity contribution in [3.63, 3.8) is 0 Å². The fraction of sp³-hybridized carbons (Fsp3) is 0. The van der Waals surface area contributed by atoms with Crippen molar-refractivity contribution in [1.29, 1.82) is 0 Å². The van der Waals surface area contributed by atoms with Gasteiger partial charge in [-0.3, -0.25) is 0 Å². The monoisotopic (exact) mass is 128 g/mol. The van der Waals surface area contributed by atoms with E-state index in [-0.39, 0.29) is 37.4 Å². The first kappa shape index (κ1) is 17.4. The maximum absolute atomic E-state index is 8.25. The average Bonchev–Trinajstić information content (AvgIpc) is 1.00. The fourth-order valence-corrected chi connectivity index (χ4v) is 0. The van der Waals surface area contributed by atoms with Crippen LogP contribution in [-0.2, 0) is 40.8 Å². The van der Waals surface area contributed by atoms with Crippen LogP contribution in [0.4, 0.5) is 0 Å². The molecule has 0 aromatic carbocycles. The van der Waals surface area contributed by atoms with Crippen LogP contribution in [0.2, 0.25) is 0 Å². The maximum atomic E-state index is 8.25. The van der Waals surface area contributed by atoms with Crippen LogP contribution < -0.4 is 18.9 Å².